The van der Waals surface area contributed by atoms with Crippen molar-refractivity contribution in [2.24, 2.45) is 0 Å². The summed E-state index contributed by atoms with van der Waals surface area (Å²) in [6.45, 7) is 1.74. The molecule has 1 aromatic rings. The van der Waals surface area contributed by atoms with Crippen molar-refractivity contribution in [2.75, 3.05) is 25.6 Å². The standard InChI is InChI=1S/C50H81N3O16P2/c1-3-5-6-7-8-9-10-11-12-17-20-23-26-29-32-35-46(56)67-42(38-64-45(55)34-31-28-25-22-19-16-14-13-15-18-21-24-27-30-33-41(54)4-2)39-65-70(60,61)69-71(62,63)66-40-43-47(57)48(58)49(68-43)53-37-36-44(51)52-50(53)59/h9-10,14-16,18,22,24-25,27,30,33,36-37,41-43,47-49,54,57-58H,3-8,11-13,17,19-21,23,26,28-29,31-32,34-35,38-40H2,1-2H3,(H,60,61)(H,62,63)(H2,51,52,59)/b10-9-,16-14-,18-15-,25-22-,27-24-,33-30+/t41-,42+,43+,47+,48+,49+/m0/s1. The maximum absolute atomic E-state index is 12.9. The lowest BCUT2D eigenvalue weighted by molar-refractivity contribution is -0.161. The molecule has 19 nitrogen and oxygen atoms in total. The quantitative estimate of drug-likeness (QED) is 0.0117. The minimum absolute atomic E-state index is 0.0225. The zero-order chi connectivity index (χ0) is 52.2. The average Bonchev–Trinajstić information content (AvgIpc) is 3.61. The number of esters is 2. The number of unbranched alkanes of at least 4 members (excludes halogenated alkanes) is 12. The number of rotatable bonds is 40. The third kappa shape index (κ3) is 30.7. The zero-order valence-corrected chi connectivity index (χ0v) is 43.4. The number of carbonyl (C=O) groups is 2. The van der Waals surface area contributed by atoms with Crippen molar-refractivity contribution >= 4 is 33.4 Å². The second-order valence-electron chi connectivity index (χ2n) is 17.1. The van der Waals surface area contributed by atoms with Gasteiger partial charge in [-0.25, -0.2) is 13.9 Å². The van der Waals surface area contributed by atoms with Crippen LogP contribution in [0, 0.1) is 0 Å². The molecule has 402 valence electrons. The number of nitrogens with two attached hydrogens (primary N) is 1. The maximum atomic E-state index is 12.9. The summed E-state index contributed by atoms with van der Waals surface area (Å²) < 4.78 is 56.7. The van der Waals surface area contributed by atoms with Crippen LogP contribution in [0.15, 0.2) is 90.0 Å². The van der Waals surface area contributed by atoms with E-state index in [4.69, 9.17) is 29.0 Å². The SMILES string of the molecule is CCCCCC/C=C\CCCCCCCCCC(=O)O[C@H](COC(=O)CCC/C=C\C/C=C\C/C=C\C/C=C\C=C\[C@@H](O)CC)COP(=O)(O)OP(=O)(O)OC[C@H]1O[C@@H](n2ccc(N)nc2=O)[C@H](O)[C@@H]1O. The van der Waals surface area contributed by atoms with E-state index in [-0.39, 0.29) is 18.7 Å². The first kappa shape index (κ1) is 63.3. The predicted octanol–water partition coefficient (Wildman–Crippen LogP) is 9.08. The van der Waals surface area contributed by atoms with Crippen LogP contribution >= 0.6 is 15.6 Å². The summed E-state index contributed by atoms with van der Waals surface area (Å²) in [6.07, 6.45) is 35.1. The number of allylic oxidation sites excluding steroid dienone is 11. The molecule has 0 bridgehead atoms. The third-order valence-electron chi connectivity index (χ3n) is 10.9. The summed E-state index contributed by atoms with van der Waals surface area (Å²) in [4.78, 5) is 61.9. The highest BCUT2D eigenvalue weighted by Crippen LogP contribution is 2.60. The molecule has 2 heterocycles. The molecule has 1 fully saturated rings. The molecule has 1 aliphatic heterocycles. The smallest absolute Gasteiger partial charge is 0.462 e. The lowest BCUT2D eigenvalue weighted by Gasteiger charge is -2.21. The molecular formula is C50H81N3O16P2. The van der Waals surface area contributed by atoms with Gasteiger partial charge in [-0.15, -0.1) is 0 Å². The van der Waals surface area contributed by atoms with Crippen LogP contribution in [0.2, 0.25) is 0 Å². The Balaban J connectivity index is 1.84. The van der Waals surface area contributed by atoms with Crippen LogP contribution in [-0.4, -0.2) is 96.9 Å². The molecule has 1 saturated heterocycles. The number of aromatic nitrogens is 2. The number of anilines is 1. The molecule has 0 aromatic carbocycles. The normalized spacial score (nSPS) is 20.2. The first-order valence-corrected chi connectivity index (χ1v) is 28.0. The maximum Gasteiger partial charge on any atom is 0.481 e. The molecule has 1 aromatic heterocycles. The molecular weight excluding hydrogens is 961 g/mol. The minimum Gasteiger partial charge on any atom is -0.462 e. The van der Waals surface area contributed by atoms with Gasteiger partial charge in [-0.1, -0.05) is 138 Å². The summed E-state index contributed by atoms with van der Waals surface area (Å²) in [6, 6.07) is 1.24. The average molecular weight is 1040 g/mol. The molecule has 2 unspecified atom stereocenters. The van der Waals surface area contributed by atoms with E-state index in [1.807, 2.05) is 43.4 Å². The first-order chi connectivity index (χ1) is 34.1. The van der Waals surface area contributed by atoms with Crippen LogP contribution in [0.25, 0.3) is 0 Å². The van der Waals surface area contributed by atoms with E-state index in [1.165, 1.54) is 31.7 Å². The van der Waals surface area contributed by atoms with Crippen molar-refractivity contribution in [2.45, 2.75) is 185 Å². The van der Waals surface area contributed by atoms with Gasteiger partial charge in [-0.2, -0.15) is 9.29 Å². The van der Waals surface area contributed by atoms with Crippen molar-refractivity contribution in [1.82, 2.24) is 9.55 Å². The molecule has 0 aliphatic carbocycles. The largest absolute Gasteiger partial charge is 0.481 e. The Morgan fingerprint density at radius 2 is 1.31 bits per heavy atom. The highest BCUT2D eigenvalue weighted by Gasteiger charge is 2.46. The van der Waals surface area contributed by atoms with Crippen LogP contribution in [0.4, 0.5) is 5.82 Å². The number of aliphatic hydroxyl groups excluding tert-OH is 3. The van der Waals surface area contributed by atoms with Crippen molar-refractivity contribution in [3.8, 4) is 0 Å². The minimum atomic E-state index is -5.44. The number of phosphoric acid groups is 2. The molecule has 0 saturated carbocycles. The number of aliphatic hydroxyl groups is 3. The fourth-order valence-corrected chi connectivity index (χ4v) is 8.99. The van der Waals surface area contributed by atoms with Crippen LogP contribution in [-0.2, 0) is 46.3 Å². The van der Waals surface area contributed by atoms with E-state index in [0.29, 0.717) is 25.7 Å². The summed E-state index contributed by atoms with van der Waals surface area (Å²) in [7, 11) is -10.9. The van der Waals surface area contributed by atoms with Crippen molar-refractivity contribution < 1.29 is 71.4 Å². The van der Waals surface area contributed by atoms with Crippen molar-refractivity contribution in [3.63, 3.8) is 0 Å². The van der Waals surface area contributed by atoms with Crippen LogP contribution in [0.1, 0.15) is 155 Å². The Morgan fingerprint density at radius 3 is 1.96 bits per heavy atom. The van der Waals surface area contributed by atoms with Crippen LogP contribution < -0.4 is 11.4 Å². The Morgan fingerprint density at radius 1 is 0.746 bits per heavy atom. The molecule has 2 rings (SSSR count). The molecule has 1 aliphatic rings. The number of carbonyl (C=O) groups excluding carboxylic acids is 2. The third-order valence-corrected chi connectivity index (χ3v) is 13.5. The monoisotopic (exact) mass is 1040 g/mol. The van der Waals surface area contributed by atoms with Gasteiger partial charge in [0, 0.05) is 19.0 Å². The molecule has 21 heteroatoms. The van der Waals surface area contributed by atoms with E-state index in [9.17, 15) is 48.6 Å². The van der Waals surface area contributed by atoms with Crippen LogP contribution in [0.5, 0.6) is 0 Å². The summed E-state index contributed by atoms with van der Waals surface area (Å²) in [5.74, 6) is -1.40. The number of hydrogen-bond acceptors (Lipinski definition) is 16. The molecule has 8 atom stereocenters. The van der Waals surface area contributed by atoms with Crippen LogP contribution in [0.3, 0.4) is 0 Å². The summed E-state index contributed by atoms with van der Waals surface area (Å²) in [5.41, 5.74) is 4.58. The fourth-order valence-electron chi connectivity index (χ4n) is 6.88. The Bertz CT molecular complexity index is 1990. The first-order valence-electron chi connectivity index (χ1n) is 25.1. The Hall–Kier alpha value is -3.84. The lowest BCUT2D eigenvalue weighted by Crippen LogP contribution is -2.36. The number of phosphoric ester groups is 2. The van der Waals surface area contributed by atoms with Crippen molar-refractivity contribution in [1.29, 1.82) is 0 Å². The fraction of sp³-hybridized carbons (Fsp3) is 0.640. The van der Waals surface area contributed by atoms with E-state index in [0.717, 1.165) is 81.4 Å². The van der Waals surface area contributed by atoms with E-state index >= 15 is 0 Å². The molecule has 0 radical (unpaired) electrons. The van der Waals surface area contributed by atoms with Gasteiger partial charge < -0.3 is 45.1 Å². The molecule has 0 amide bonds. The molecule has 71 heavy (non-hydrogen) atoms. The summed E-state index contributed by atoms with van der Waals surface area (Å²) in [5, 5.41) is 30.4. The second kappa shape index (κ2) is 37.8. The number of nitrogen functional groups attached to an aromatic ring is 1. The number of nitrogens with zero attached hydrogens (tertiary/aromatic N) is 2. The Kier molecular flexibility index (Phi) is 33.7. The lowest BCUT2D eigenvalue weighted by atomic mass is 10.1. The van der Waals surface area contributed by atoms with Gasteiger partial charge in [0.25, 0.3) is 0 Å². The number of hydrogen-bond donors (Lipinski definition) is 6. The van der Waals surface area contributed by atoms with E-state index in [1.54, 1.807) is 6.08 Å². The number of ether oxygens (including phenoxy) is 3. The molecule has 7 N–H and O–H groups in total. The predicted molar refractivity (Wildman–Crippen MR) is 271 cm³/mol. The van der Waals surface area contributed by atoms with Crippen molar-refractivity contribution in [3.05, 3.63) is 95.7 Å². The van der Waals surface area contributed by atoms with Gasteiger partial charge in [0.2, 0.25) is 0 Å². The topological polar surface area (TPSA) is 286 Å². The van der Waals surface area contributed by atoms with E-state index < -0.39 is 89.8 Å². The summed E-state index contributed by atoms with van der Waals surface area (Å²) >= 11 is 0. The van der Waals surface area contributed by atoms with Gasteiger partial charge in [0.05, 0.1) is 19.3 Å². The highest BCUT2D eigenvalue weighted by atomic mass is 31.3. The van der Waals surface area contributed by atoms with E-state index in [2.05, 4.69) is 46.6 Å². The van der Waals surface area contributed by atoms with Gasteiger partial charge in [-0.05, 0) is 76.7 Å². The Labute approximate surface area is 419 Å². The van der Waals surface area contributed by atoms with Gasteiger partial charge in [0.15, 0.2) is 12.3 Å². The van der Waals surface area contributed by atoms with Gasteiger partial charge >= 0.3 is 33.3 Å². The van der Waals surface area contributed by atoms with Gasteiger partial charge in [0.1, 0.15) is 30.7 Å². The second-order valence-corrected chi connectivity index (χ2v) is 20.2. The zero-order valence-electron chi connectivity index (χ0n) is 41.6. The van der Waals surface area contributed by atoms with Gasteiger partial charge in [-0.3, -0.25) is 23.2 Å². The molecule has 0 spiro atoms. The highest BCUT2D eigenvalue weighted by molar-refractivity contribution is 7.61.